The van der Waals surface area contributed by atoms with Crippen molar-refractivity contribution in [3.63, 3.8) is 0 Å². The summed E-state index contributed by atoms with van der Waals surface area (Å²) in [4.78, 5) is 23.2. The predicted molar refractivity (Wildman–Crippen MR) is 81.5 cm³/mol. The Balaban J connectivity index is 2.37. The fraction of sp³-hybridized carbons (Fsp3) is 0.429. The highest BCUT2D eigenvalue weighted by atomic mass is 79.9. The minimum absolute atomic E-state index is 0.150. The third-order valence-electron chi connectivity index (χ3n) is 2.74. The molecule has 3 N–H and O–H groups in total. The van der Waals surface area contributed by atoms with Gasteiger partial charge in [0.05, 0.1) is 0 Å². The molecule has 0 fully saturated rings. The van der Waals surface area contributed by atoms with Gasteiger partial charge in [-0.3, -0.25) is 9.59 Å². The molecular weight excluding hydrogens is 324 g/mol. The topological polar surface area (TPSA) is 78.4 Å². The van der Waals surface area contributed by atoms with E-state index in [1.165, 1.54) is 0 Å². The van der Waals surface area contributed by atoms with Crippen LogP contribution in [0.2, 0.25) is 0 Å². The van der Waals surface area contributed by atoms with Crippen molar-refractivity contribution in [2.45, 2.75) is 26.2 Å². The first kappa shape index (κ1) is 16.7. The summed E-state index contributed by atoms with van der Waals surface area (Å²) < 4.78 is 0.948. The Hall–Kier alpha value is -1.40. The third-order valence-corrected chi connectivity index (χ3v) is 3.63. The Morgan fingerprint density at radius 2 is 1.95 bits per heavy atom. The largest absolute Gasteiger partial charge is 0.396 e. The van der Waals surface area contributed by atoms with Crippen molar-refractivity contribution >= 4 is 33.4 Å². The molecule has 0 aliphatic rings. The van der Waals surface area contributed by atoms with E-state index in [1.807, 2.05) is 13.0 Å². The highest BCUT2D eigenvalue weighted by Gasteiger charge is 2.13. The molecule has 0 heterocycles. The predicted octanol–water partition coefficient (Wildman–Crippen LogP) is 1.97. The first-order chi connectivity index (χ1) is 9.54. The van der Waals surface area contributed by atoms with Crippen molar-refractivity contribution in [2.24, 2.45) is 0 Å². The van der Waals surface area contributed by atoms with Crippen LogP contribution in [0.25, 0.3) is 0 Å². The number of benzene rings is 1. The molecule has 0 unspecified atom stereocenters. The molecule has 0 spiro atoms. The second kappa shape index (κ2) is 8.71. The SMILES string of the molecule is Cc1cc(NC(=O)C(=O)NCCCCCO)ccc1Br. The maximum atomic E-state index is 11.7. The second-order valence-corrected chi connectivity index (χ2v) is 5.31. The van der Waals surface area contributed by atoms with Gasteiger partial charge in [-0.05, 0) is 49.9 Å². The number of amides is 2. The van der Waals surface area contributed by atoms with Gasteiger partial charge in [-0.2, -0.15) is 0 Å². The van der Waals surface area contributed by atoms with Gasteiger partial charge in [0.1, 0.15) is 0 Å². The summed E-state index contributed by atoms with van der Waals surface area (Å²) in [6.45, 7) is 2.49. The van der Waals surface area contributed by atoms with Crippen LogP contribution in [0.15, 0.2) is 22.7 Å². The molecule has 1 aromatic rings. The van der Waals surface area contributed by atoms with Gasteiger partial charge < -0.3 is 15.7 Å². The van der Waals surface area contributed by atoms with Crippen LogP contribution < -0.4 is 10.6 Å². The zero-order chi connectivity index (χ0) is 15.0. The van der Waals surface area contributed by atoms with Gasteiger partial charge in [0.15, 0.2) is 0 Å². The van der Waals surface area contributed by atoms with Crippen LogP contribution in [-0.2, 0) is 9.59 Å². The third kappa shape index (κ3) is 5.71. The molecule has 1 rings (SSSR count). The van der Waals surface area contributed by atoms with E-state index in [9.17, 15) is 9.59 Å². The van der Waals surface area contributed by atoms with Crippen molar-refractivity contribution in [2.75, 3.05) is 18.5 Å². The molecule has 0 saturated carbocycles. The lowest BCUT2D eigenvalue weighted by Crippen LogP contribution is -2.35. The lowest BCUT2D eigenvalue weighted by molar-refractivity contribution is -0.136. The lowest BCUT2D eigenvalue weighted by Gasteiger charge is -2.07. The Bertz CT molecular complexity index is 477. The minimum atomic E-state index is -0.672. The average molecular weight is 343 g/mol. The van der Waals surface area contributed by atoms with E-state index in [0.29, 0.717) is 18.7 Å². The van der Waals surface area contributed by atoms with E-state index in [0.717, 1.165) is 22.9 Å². The Morgan fingerprint density at radius 1 is 1.20 bits per heavy atom. The van der Waals surface area contributed by atoms with Crippen LogP contribution in [0.5, 0.6) is 0 Å². The molecule has 20 heavy (non-hydrogen) atoms. The Morgan fingerprint density at radius 3 is 2.60 bits per heavy atom. The van der Waals surface area contributed by atoms with Crippen LogP contribution in [-0.4, -0.2) is 30.1 Å². The molecule has 0 aliphatic heterocycles. The highest BCUT2D eigenvalue weighted by Crippen LogP contribution is 2.19. The number of hydrogen-bond acceptors (Lipinski definition) is 3. The molecule has 110 valence electrons. The van der Waals surface area contributed by atoms with Gasteiger partial charge in [0.2, 0.25) is 0 Å². The Labute approximate surface area is 126 Å². The van der Waals surface area contributed by atoms with Gasteiger partial charge in [-0.15, -0.1) is 0 Å². The minimum Gasteiger partial charge on any atom is -0.396 e. The molecule has 5 nitrogen and oxygen atoms in total. The number of nitrogens with one attached hydrogen (secondary N) is 2. The quantitative estimate of drug-likeness (QED) is 0.546. The van der Waals surface area contributed by atoms with Crippen molar-refractivity contribution in [1.82, 2.24) is 5.32 Å². The molecule has 0 aliphatic carbocycles. The summed E-state index contributed by atoms with van der Waals surface area (Å²) in [6, 6.07) is 5.33. The van der Waals surface area contributed by atoms with E-state index in [1.54, 1.807) is 12.1 Å². The number of carbonyl (C=O) groups is 2. The fourth-order valence-electron chi connectivity index (χ4n) is 1.61. The highest BCUT2D eigenvalue weighted by molar-refractivity contribution is 9.10. The summed E-state index contributed by atoms with van der Waals surface area (Å²) in [5, 5.41) is 13.7. The van der Waals surface area contributed by atoms with Crippen LogP contribution in [0, 0.1) is 6.92 Å². The van der Waals surface area contributed by atoms with E-state index in [4.69, 9.17) is 5.11 Å². The van der Waals surface area contributed by atoms with Crippen molar-refractivity contribution in [3.8, 4) is 0 Å². The number of aliphatic hydroxyl groups excluding tert-OH is 1. The van der Waals surface area contributed by atoms with Gasteiger partial charge >= 0.3 is 11.8 Å². The number of halogens is 1. The van der Waals surface area contributed by atoms with E-state index in [-0.39, 0.29) is 6.61 Å². The Kier molecular flexibility index (Phi) is 7.25. The van der Waals surface area contributed by atoms with E-state index < -0.39 is 11.8 Å². The molecule has 0 aromatic heterocycles. The van der Waals surface area contributed by atoms with Crippen molar-refractivity contribution < 1.29 is 14.7 Å². The van der Waals surface area contributed by atoms with Crippen LogP contribution >= 0.6 is 15.9 Å². The molecular formula is C14H19BrN2O3. The standard InChI is InChI=1S/C14H19BrN2O3/c1-10-9-11(5-6-12(10)15)17-14(20)13(19)16-7-3-2-4-8-18/h5-6,9,18H,2-4,7-8H2,1H3,(H,16,19)(H,17,20). The van der Waals surface area contributed by atoms with Crippen molar-refractivity contribution in [3.05, 3.63) is 28.2 Å². The molecule has 2 amide bonds. The fourth-order valence-corrected chi connectivity index (χ4v) is 1.85. The molecule has 0 bridgehead atoms. The number of aliphatic hydroxyl groups is 1. The number of unbranched alkanes of at least 4 members (excludes halogenated alkanes) is 2. The monoisotopic (exact) mass is 342 g/mol. The summed E-state index contributed by atoms with van der Waals surface area (Å²) >= 11 is 3.37. The smallest absolute Gasteiger partial charge is 0.313 e. The first-order valence-electron chi connectivity index (χ1n) is 6.51. The average Bonchev–Trinajstić information content (AvgIpc) is 2.42. The number of carbonyl (C=O) groups excluding carboxylic acids is 2. The van der Waals surface area contributed by atoms with Crippen LogP contribution in [0.3, 0.4) is 0 Å². The molecule has 0 atom stereocenters. The first-order valence-corrected chi connectivity index (χ1v) is 7.30. The maximum absolute atomic E-state index is 11.7. The summed E-state index contributed by atoms with van der Waals surface area (Å²) in [5.41, 5.74) is 1.57. The van der Waals surface area contributed by atoms with E-state index >= 15 is 0 Å². The van der Waals surface area contributed by atoms with Crippen LogP contribution in [0.4, 0.5) is 5.69 Å². The molecule has 0 radical (unpaired) electrons. The molecule has 0 saturated heterocycles. The van der Waals surface area contributed by atoms with Crippen LogP contribution in [0.1, 0.15) is 24.8 Å². The number of rotatable bonds is 6. The van der Waals surface area contributed by atoms with Gasteiger partial charge in [-0.1, -0.05) is 15.9 Å². The summed E-state index contributed by atoms with van der Waals surface area (Å²) in [5.74, 6) is -1.32. The van der Waals surface area contributed by atoms with Gasteiger partial charge in [0.25, 0.3) is 0 Å². The number of hydrogen-bond donors (Lipinski definition) is 3. The van der Waals surface area contributed by atoms with E-state index in [2.05, 4.69) is 26.6 Å². The van der Waals surface area contributed by atoms with Gasteiger partial charge in [0, 0.05) is 23.3 Å². The van der Waals surface area contributed by atoms with Gasteiger partial charge in [-0.25, -0.2) is 0 Å². The zero-order valence-corrected chi connectivity index (χ0v) is 13.0. The maximum Gasteiger partial charge on any atom is 0.313 e. The normalized spacial score (nSPS) is 10.2. The second-order valence-electron chi connectivity index (χ2n) is 4.46. The summed E-state index contributed by atoms with van der Waals surface area (Å²) in [6.07, 6.45) is 2.28. The van der Waals surface area contributed by atoms with Crippen molar-refractivity contribution in [1.29, 1.82) is 0 Å². The lowest BCUT2D eigenvalue weighted by atomic mass is 10.2. The molecule has 6 heteroatoms. The zero-order valence-electron chi connectivity index (χ0n) is 11.4. The number of anilines is 1. The molecule has 1 aromatic carbocycles. The number of aryl methyl sites for hydroxylation is 1. The summed E-state index contributed by atoms with van der Waals surface area (Å²) in [7, 11) is 0.